The van der Waals surface area contributed by atoms with Crippen molar-refractivity contribution in [3.63, 3.8) is 0 Å². The van der Waals surface area contributed by atoms with E-state index in [4.69, 9.17) is 26.6 Å². The predicted octanol–water partition coefficient (Wildman–Crippen LogP) is 4.01. The molecule has 0 aliphatic heterocycles. The second-order valence-electron chi connectivity index (χ2n) is 6.50. The van der Waals surface area contributed by atoms with Crippen molar-refractivity contribution in [2.75, 3.05) is 42.7 Å². The number of rotatable bonds is 16. The molecule has 0 heterocycles. The van der Waals surface area contributed by atoms with Crippen molar-refractivity contribution in [1.82, 2.24) is 0 Å². The number of hydrogen-bond acceptors (Lipinski definition) is 6. The van der Waals surface area contributed by atoms with Crippen LogP contribution in [0.25, 0.3) is 0 Å². The smallest absolute Gasteiger partial charge is 0.377 e. The minimum Gasteiger partial charge on any atom is -0.377 e. The third kappa shape index (κ3) is 7.51. The molecule has 0 bridgehead atoms. The Labute approximate surface area is 158 Å². The maximum atomic E-state index is 5.55. The maximum Gasteiger partial charge on any atom is 0.500 e. The summed E-state index contributed by atoms with van der Waals surface area (Å²) in [6.07, 6.45) is 2.22. The molecule has 25 heavy (non-hydrogen) atoms. The van der Waals surface area contributed by atoms with Gasteiger partial charge in [0, 0.05) is 54.7 Å². The molecule has 0 spiro atoms. The van der Waals surface area contributed by atoms with Crippen molar-refractivity contribution in [2.45, 2.75) is 63.0 Å². The summed E-state index contributed by atoms with van der Waals surface area (Å²) >= 11 is 0. The molecule has 0 unspecified atom stereocenters. The summed E-state index contributed by atoms with van der Waals surface area (Å²) in [6, 6.07) is 6.94. The molecule has 0 atom stereocenters. The standard InChI is InChI=1S/C16H40O6Si3/c1-9-23(10-2,13-11-15-24(17-3,18-4)19-5)14-12-16-25(20-6,21-7)22-8/h9-16H2,1-8H3. The summed E-state index contributed by atoms with van der Waals surface area (Å²) in [7, 11) is 3.92. The molecule has 0 aromatic rings. The Hall–Kier alpha value is 0.411. The summed E-state index contributed by atoms with van der Waals surface area (Å²) in [5.41, 5.74) is 0. The zero-order valence-electron chi connectivity index (χ0n) is 17.6. The maximum absolute atomic E-state index is 5.55. The Morgan fingerprint density at radius 2 is 0.760 bits per heavy atom. The fraction of sp³-hybridized carbons (Fsp3) is 1.00. The topological polar surface area (TPSA) is 55.4 Å². The predicted molar refractivity (Wildman–Crippen MR) is 109 cm³/mol. The largest absolute Gasteiger partial charge is 0.500 e. The van der Waals surface area contributed by atoms with Crippen molar-refractivity contribution in [3.8, 4) is 0 Å². The van der Waals surface area contributed by atoms with E-state index in [9.17, 15) is 0 Å². The van der Waals surface area contributed by atoms with E-state index < -0.39 is 25.7 Å². The third-order valence-corrected chi connectivity index (χ3v) is 17.2. The normalized spacial score (nSPS) is 13.4. The van der Waals surface area contributed by atoms with Crippen LogP contribution in [0, 0.1) is 0 Å². The van der Waals surface area contributed by atoms with Gasteiger partial charge in [0.15, 0.2) is 0 Å². The highest BCUT2D eigenvalue weighted by Gasteiger charge is 2.40. The van der Waals surface area contributed by atoms with Crippen LogP contribution in [0.4, 0.5) is 0 Å². The Morgan fingerprint density at radius 3 is 0.960 bits per heavy atom. The van der Waals surface area contributed by atoms with Gasteiger partial charge in [-0.25, -0.2) is 0 Å². The quantitative estimate of drug-likeness (QED) is 0.357. The minimum atomic E-state index is -2.45. The van der Waals surface area contributed by atoms with E-state index >= 15 is 0 Å². The second-order valence-corrected chi connectivity index (χ2v) is 18.1. The zero-order valence-corrected chi connectivity index (χ0v) is 20.6. The van der Waals surface area contributed by atoms with Gasteiger partial charge < -0.3 is 26.6 Å². The summed E-state index contributed by atoms with van der Waals surface area (Å²) in [4.78, 5) is 0. The van der Waals surface area contributed by atoms with E-state index in [1.807, 2.05) is 0 Å². The Bertz CT molecular complexity index is 289. The molecular formula is C16H40O6Si3. The van der Waals surface area contributed by atoms with Crippen molar-refractivity contribution < 1.29 is 26.6 Å². The molecular weight excluding hydrogens is 372 g/mol. The molecule has 0 N–H and O–H groups in total. The summed E-state index contributed by atoms with van der Waals surface area (Å²) in [5, 5.41) is 0. The number of hydrogen-bond donors (Lipinski definition) is 0. The summed E-state index contributed by atoms with van der Waals surface area (Å²) in [5.74, 6) is 0. The van der Waals surface area contributed by atoms with Crippen LogP contribution in [-0.4, -0.2) is 68.3 Å². The molecule has 0 aliphatic rings. The second kappa shape index (κ2) is 12.7. The highest BCUT2D eigenvalue weighted by Crippen LogP contribution is 2.32. The molecule has 0 rings (SSSR count). The first-order valence-corrected chi connectivity index (χ1v) is 15.9. The van der Waals surface area contributed by atoms with Gasteiger partial charge in [-0.3, -0.25) is 0 Å². The Kier molecular flexibility index (Phi) is 12.9. The lowest BCUT2D eigenvalue weighted by atomic mass is 10.5. The van der Waals surface area contributed by atoms with E-state index in [1.165, 1.54) is 24.2 Å². The van der Waals surface area contributed by atoms with E-state index in [2.05, 4.69) is 13.8 Å². The molecule has 0 fully saturated rings. The lowest BCUT2D eigenvalue weighted by molar-refractivity contribution is 0.123. The highest BCUT2D eigenvalue weighted by atomic mass is 28.4. The van der Waals surface area contributed by atoms with Gasteiger partial charge in [-0.15, -0.1) is 0 Å². The average Bonchev–Trinajstić information content (AvgIpc) is 2.68. The van der Waals surface area contributed by atoms with Gasteiger partial charge in [0.25, 0.3) is 0 Å². The molecule has 0 saturated carbocycles. The molecule has 152 valence electrons. The molecule has 0 aromatic heterocycles. The molecule has 0 aliphatic carbocycles. The van der Waals surface area contributed by atoms with Crippen LogP contribution in [0.2, 0.25) is 36.3 Å². The monoisotopic (exact) mass is 412 g/mol. The van der Waals surface area contributed by atoms with Crippen molar-refractivity contribution in [1.29, 1.82) is 0 Å². The zero-order chi connectivity index (χ0) is 19.4. The van der Waals surface area contributed by atoms with Gasteiger partial charge in [-0.2, -0.15) is 0 Å². The lowest BCUT2D eigenvalue weighted by Crippen LogP contribution is -2.44. The van der Waals surface area contributed by atoms with Gasteiger partial charge in [-0.1, -0.05) is 50.9 Å². The molecule has 0 saturated heterocycles. The highest BCUT2D eigenvalue weighted by molar-refractivity contribution is 6.80. The van der Waals surface area contributed by atoms with Gasteiger partial charge in [0.05, 0.1) is 8.07 Å². The van der Waals surface area contributed by atoms with E-state index in [-0.39, 0.29) is 0 Å². The van der Waals surface area contributed by atoms with E-state index in [0.29, 0.717) is 0 Å². The summed E-state index contributed by atoms with van der Waals surface area (Å²) in [6.45, 7) is 4.69. The first-order valence-electron chi connectivity index (χ1n) is 9.21. The molecule has 0 radical (unpaired) electrons. The Morgan fingerprint density at radius 1 is 0.480 bits per heavy atom. The molecule has 0 amide bonds. The van der Waals surface area contributed by atoms with Crippen molar-refractivity contribution >= 4 is 25.7 Å². The fourth-order valence-corrected chi connectivity index (χ4v) is 11.7. The SMILES string of the molecule is CC[Si](CC)(CCC[Si](OC)(OC)OC)CCC[Si](OC)(OC)OC. The minimum absolute atomic E-state index is 0.887. The average molecular weight is 413 g/mol. The van der Waals surface area contributed by atoms with Crippen LogP contribution < -0.4 is 0 Å². The van der Waals surface area contributed by atoms with Gasteiger partial charge in [0.1, 0.15) is 0 Å². The van der Waals surface area contributed by atoms with Crippen LogP contribution >= 0.6 is 0 Å². The fourth-order valence-electron chi connectivity index (χ4n) is 3.55. The molecule has 0 aromatic carbocycles. The van der Waals surface area contributed by atoms with Gasteiger partial charge >= 0.3 is 17.6 Å². The van der Waals surface area contributed by atoms with Crippen LogP contribution in [0.15, 0.2) is 0 Å². The third-order valence-electron chi connectivity index (χ3n) is 5.75. The van der Waals surface area contributed by atoms with Crippen LogP contribution in [0.1, 0.15) is 26.7 Å². The van der Waals surface area contributed by atoms with E-state index in [0.717, 1.165) is 24.9 Å². The van der Waals surface area contributed by atoms with Crippen LogP contribution in [0.3, 0.4) is 0 Å². The van der Waals surface area contributed by atoms with E-state index in [1.54, 1.807) is 42.7 Å². The van der Waals surface area contributed by atoms with Crippen molar-refractivity contribution in [3.05, 3.63) is 0 Å². The molecule has 9 heteroatoms. The lowest BCUT2D eigenvalue weighted by Gasteiger charge is -2.32. The summed E-state index contributed by atoms with van der Waals surface area (Å²) < 4.78 is 33.3. The molecule has 6 nitrogen and oxygen atoms in total. The van der Waals surface area contributed by atoms with Crippen molar-refractivity contribution in [2.24, 2.45) is 0 Å². The Balaban J connectivity index is 4.69. The van der Waals surface area contributed by atoms with Crippen LogP contribution in [-0.2, 0) is 26.6 Å². The first kappa shape index (κ1) is 25.4. The first-order chi connectivity index (χ1) is 11.9. The van der Waals surface area contributed by atoms with Crippen LogP contribution in [0.5, 0.6) is 0 Å². The van der Waals surface area contributed by atoms with Gasteiger partial charge in [0.2, 0.25) is 0 Å². The van der Waals surface area contributed by atoms with Gasteiger partial charge in [-0.05, 0) is 0 Å².